The monoisotopic (exact) mass is 217 g/mol. The molecule has 72 valence electrons. The number of aromatic carboxylic acids is 1. The fraction of sp³-hybridized carbons (Fsp3) is 0.111. The second kappa shape index (κ2) is 4.31. The van der Waals surface area contributed by atoms with E-state index in [1.54, 1.807) is 6.92 Å². The molecule has 2 aromatic heterocycles. The van der Waals surface area contributed by atoms with Crippen LogP contribution in [0.1, 0.15) is 15.2 Å². The number of carbonyl (C=O) groups is 1. The molecule has 0 amide bonds. The van der Waals surface area contributed by atoms with Crippen molar-refractivity contribution in [2.45, 2.75) is 6.92 Å². The zero-order valence-electron chi connectivity index (χ0n) is 8.20. The van der Waals surface area contributed by atoms with E-state index in [1.807, 2.05) is 0 Å². The van der Waals surface area contributed by atoms with Crippen LogP contribution in [0.2, 0.25) is 0 Å². The Morgan fingerprint density at radius 2 is 2.27 bits per heavy atom. The predicted octanol–water partition coefficient (Wildman–Crippen LogP) is -1.89. The molecule has 0 aromatic carbocycles. The smallest absolute Gasteiger partial charge is 0.544 e. The Labute approximate surface area is 101 Å². The summed E-state index contributed by atoms with van der Waals surface area (Å²) >= 11 is 0.982. The van der Waals surface area contributed by atoms with Gasteiger partial charge in [-0.2, -0.15) is 0 Å². The molecule has 0 saturated carbocycles. The summed E-state index contributed by atoms with van der Waals surface area (Å²) in [6, 6.07) is 1.39. The normalized spacial score (nSPS) is 10.0. The van der Waals surface area contributed by atoms with Gasteiger partial charge >= 0.3 is 18.9 Å². The fourth-order valence-electron chi connectivity index (χ4n) is 1.18. The molecule has 0 aliphatic rings. The molecule has 0 saturated heterocycles. The molecular formula is C9H5FLiNO2S. The Kier molecular flexibility index (Phi) is 3.50. The predicted molar refractivity (Wildman–Crippen MR) is 48.6 cm³/mol. The summed E-state index contributed by atoms with van der Waals surface area (Å²) in [4.78, 5) is 14.4. The molecule has 6 heteroatoms. The number of aromatic nitrogens is 1. The van der Waals surface area contributed by atoms with E-state index in [1.165, 1.54) is 6.07 Å². The first-order valence-electron chi connectivity index (χ1n) is 3.85. The largest absolute Gasteiger partial charge is 1.00 e. The van der Waals surface area contributed by atoms with Crippen LogP contribution >= 0.6 is 11.3 Å². The Hall–Kier alpha value is -0.893. The van der Waals surface area contributed by atoms with Crippen molar-refractivity contribution in [2.24, 2.45) is 0 Å². The quantitative estimate of drug-likeness (QED) is 0.525. The summed E-state index contributed by atoms with van der Waals surface area (Å²) < 4.78 is 13.6. The second-order valence-electron chi connectivity index (χ2n) is 2.84. The summed E-state index contributed by atoms with van der Waals surface area (Å²) in [7, 11) is 0. The molecule has 0 aliphatic heterocycles. The number of halogens is 1. The molecule has 2 rings (SSSR count). The molecule has 2 aromatic rings. The van der Waals surface area contributed by atoms with Crippen molar-refractivity contribution < 1.29 is 33.2 Å². The number of rotatable bonds is 1. The zero-order valence-corrected chi connectivity index (χ0v) is 9.02. The van der Waals surface area contributed by atoms with Gasteiger partial charge in [-0.3, -0.25) is 4.98 Å². The number of thiophene rings is 1. The number of pyridine rings is 1. The number of carbonyl (C=O) groups excluding carboxylic acids is 1. The van der Waals surface area contributed by atoms with Crippen molar-refractivity contribution >= 4 is 27.5 Å². The molecule has 3 nitrogen and oxygen atoms in total. The fourth-order valence-corrected chi connectivity index (χ4v) is 2.12. The topological polar surface area (TPSA) is 53.0 Å². The molecule has 0 radical (unpaired) electrons. The average Bonchev–Trinajstić information content (AvgIpc) is 2.56. The van der Waals surface area contributed by atoms with Crippen LogP contribution in [0.25, 0.3) is 10.2 Å². The third-order valence-electron chi connectivity index (χ3n) is 1.93. The van der Waals surface area contributed by atoms with Crippen LogP contribution in [0.4, 0.5) is 4.39 Å². The average molecular weight is 217 g/mol. The molecule has 0 unspecified atom stereocenters. The first-order valence-corrected chi connectivity index (χ1v) is 4.67. The van der Waals surface area contributed by atoms with Gasteiger partial charge in [0.2, 0.25) is 0 Å². The minimum absolute atomic E-state index is 0. The van der Waals surface area contributed by atoms with Crippen molar-refractivity contribution in [2.75, 3.05) is 0 Å². The SMILES string of the molecule is Cc1c(F)cnc2cc(C(=O)[O-])sc12.[Li+]. The van der Waals surface area contributed by atoms with Crippen molar-refractivity contribution in [3.8, 4) is 0 Å². The van der Waals surface area contributed by atoms with E-state index in [4.69, 9.17) is 0 Å². The molecule has 0 spiro atoms. The first kappa shape index (κ1) is 12.2. The van der Waals surface area contributed by atoms with Crippen molar-refractivity contribution in [1.29, 1.82) is 0 Å². The van der Waals surface area contributed by atoms with Gasteiger partial charge in [-0.15, -0.1) is 11.3 Å². The van der Waals surface area contributed by atoms with E-state index >= 15 is 0 Å². The second-order valence-corrected chi connectivity index (χ2v) is 3.90. The molecular weight excluding hydrogens is 212 g/mol. The summed E-state index contributed by atoms with van der Waals surface area (Å²) in [5.41, 5.74) is 0.917. The van der Waals surface area contributed by atoms with Crippen LogP contribution < -0.4 is 24.0 Å². The van der Waals surface area contributed by atoms with Crippen LogP contribution in [-0.2, 0) is 0 Å². The summed E-state index contributed by atoms with van der Waals surface area (Å²) in [5, 5.41) is 10.5. The van der Waals surface area contributed by atoms with E-state index in [0.717, 1.165) is 17.5 Å². The number of hydrogen-bond donors (Lipinski definition) is 0. The van der Waals surface area contributed by atoms with E-state index < -0.39 is 11.8 Å². The number of hydrogen-bond acceptors (Lipinski definition) is 4. The molecule has 15 heavy (non-hydrogen) atoms. The van der Waals surface area contributed by atoms with Crippen LogP contribution in [0.5, 0.6) is 0 Å². The number of carboxylic acid groups (broad SMARTS) is 1. The molecule has 0 fully saturated rings. The van der Waals surface area contributed by atoms with Crippen LogP contribution in [0, 0.1) is 12.7 Å². The Balaban J connectivity index is 0.00000112. The van der Waals surface area contributed by atoms with Gasteiger partial charge in [0.25, 0.3) is 0 Å². The molecule has 0 atom stereocenters. The number of nitrogens with zero attached hydrogens (tertiary/aromatic N) is 1. The zero-order chi connectivity index (χ0) is 10.3. The van der Waals surface area contributed by atoms with Gasteiger partial charge in [-0.1, -0.05) is 0 Å². The van der Waals surface area contributed by atoms with Crippen molar-refractivity contribution in [1.82, 2.24) is 4.98 Å². The van der Waals surface area contributed by atoms with E-state index in [-0.39, 0.29) is 23.7 Å². The summed E-state index contributed by atoms with van der Waals surface area (Å²) in [6.45, 7) is 1.59. The van der Waals surface area contributed by atoms with Gasteiger partial charge in [0.1, 0.15) is 5.82 Å². The number of carboxylic acids is 1. The van der Waals surface area contributed by atoms with E-state index in [0.29, 0.717) is 15.8 Å². The van der Waals surface area contributed by atoms with Crippen LogP contribution in [0.3, 0.4) is 0 Å². The number of fused-ring (bicyclic) bond motifs is 1. The van der Waals surface area contributed by atoms with E-state index in [9.17, 15) is 14.3 Å². The minimum atomic E-state index is -1.26. The van der Waals surface area contributed by atoms with Gasteiger partial charge in [0.15, 0.2) is 0 Å². The van der Waals surface area contributed by atoms with Crippen molar-refractivity contribution in [3.05, 3.63) is 28.5 Å². The number of aryl methyl sites for hydroxylation is 1. The molecule has 0 bridgehead atoms. The van der Waals surface area contributed by atoms with Crippen molar-refractivity contribution in [3.63, 3.8) is 0 Å². The Bertz CT molecular complexity index is 526. The standard InChI is InChI=1S/C9H6FNO2S.Li/c1-4-5(10)3-11-6-2-7(9(12)13)14-8(4)6;/h2-3H,1H3,(H,12,13);/q;+1/p-1. The van der Waals surface area contributed by atoms with Gasteiger partial charge in [-0.25, -0.2) is 4.39 Å². The summed E-state index contributed by atoms with van der Waals surface area (Å²) in [6.07, 6.45) is 1.09. The van der Waals surface area contributed by atoms with Gasteiger partial charge in [0, 0.05) is 5.56 Å². The summed E-state index contributed by atoms with van der Waals surface area (Å²) in [5.74, 6) is -1.68. The maximum absolute atomic E-state index is 13.0. The first-order chi connectivity index (χ1) is 6.59. The third-order valence-corrected chi connectivity index (χ3v) is 3.15. The Morgan fingerprint density at radius 1 is 1.60 bits per heavy atom. The van der Waals surface area contributed by atoms with Gasteiger partial charge < -0.3 is 9.90 Å². The van der Waals surface area contributed by atoms with E-state index in [2.05, 4.69) is 4.98 Å². The third kappa shape index (κ3) is 2.05. The molecule has 2 heterocycles. The van der Waals surface area contributed by atoms with Gasteiger partial charge in [-0.05, 0) is 13.0 Å². The Morgan fingerprint density at radius 3 is 2.87 bits per heavy atom. The van der Waals surface area contributed by atoms with Crippen LogP contribution in [-0.4, -0.2) is 11.0 Å². The van der Waals surface area contributed by atoms with Crippen LogP contribution in [0.15, 0.2) is 12.3 Å². The molecule has 0 N–H and O–H groups in total. The van der Waals surface area contributed by atoms with Gasteiger partial charge in [0.05, 0.1) is 27.3 Å². The maximum Gasteiger partial charge on any atom is 1.00 e. The maximum atomic E-state index is 13.0. The minimum Gasteiger partial charge on any atom is -0.544 e. The molecule has 0 aliphatic carbocycles.